The Morgan fingerprint density at radius 3 is 2.95 bits per heavy atom. The van der Waals surface area contributed by atoms with Crippen molar-refractivity contribution in [1.82, 2.24) is 15.1 Å². The smallest absolute Gasteiger partial charge is 0.271 e. The molecule has 116 valence electrons. The van der Waals surface area contributed by atoms with E-state index in [-0.39, 0.29) is 24.0 Å². The Morgan fingerprint density at radius 1 is 1.50 bits per heavy atom. The van der Waals surface area contributed by atoms with Crippen LogP contribution in [0.25, 0.3) is 5.69 Å². The number of hydrogen-bond donors (Lipinski definition) is 2. The molecule has 3 rings (SSSR count). The van der Waals surface area contributed by atoms with E-state index in [1.807, 2.05) is 0 Å². The van der Waals surface area contributed by atoms with E-state index in [1.54, 1.807) is 25.1 Å². The molecule has 1 amide bonds. The lowest BCUT2D eigenvalue weighted by molar-refractivity contribution is 0.0896. The first-order valence-corrected chi connectivity index (χ1v) is 7.33. The van der Waals surface area contributed by atoms with Gasteiger partial charge in [0.15, 0.2) is 5.69 Å². The van der Waals surface area contributed by atoms with Crippen LogP contribution in [-0.2, 0) is 0 Å². The zero-order valence-corrected chi connectivity index (χ0v) is 12.3. The van der Waals surface area contributed by atoms with E-state index < -0.39 is 6.10 Å². The lowest BCUT2D eigenvalue weighted by Crippen LogP contribution is -2.33. The number of benzene rings is 1. The zero-order chi connectivity index (χ0) is 15.7. The molecule has 1 aromatic heterocycles. The van der Waals surface area contributed by atoms with Crippen molar-refractivity contribution in [2.45, 2.75) is 25.9 Å². The van der Waals surface area contributed by atoms with E-state index in [2.05, 4.69) is 10.4 Å². The van der Waals surface area contributed by atoms with Gasteiger partial charge in [-0.1, -0.05) is 6.07 Å². The maximum absolute atomic E-state index is 13.3. The highest BCUT2D eigenvalue weighted by molar-refractivity contribution is 5.92. The van der Waals surface area contributed by atoms with Gasteiger partial charge < -0.3 is 10.4 Å². The van der Waals surface area contributed by atoms with E-state index in [9.17, 15) is 14.3 Å². The van der Waals surface area contributed by atoms with Gasteiger partial charge in [-0.2, -0.15) is 5.10 Å². The molecule has 22 heavy (non-hydrogen) atoms. The number of carbonyl (C=O) groups is 1. The Hall–Kier alpha value is -2.21. The minimum absolute atomic E-state index is 0.232. The summed E-state index contributed by atoms with van der Waals surface area (Å²) in [6.45, 7) is 2.03. The second-order valence-corrected chi connectivity index (χ2v) is 5.68. The zero-order valence-electron chi connectivity index (χ0n) is 12.3. The molecular formula is C16H18FN3O2. The topological polar surface area (TPSA) is 67.2 Å². The van der Waals surface area contributed by atoms with Gasteiger partial charge in [-0.05, 0) is 49.9 Å². The summed E-state index contributed by atoms with van der Waals surface area (Å²) >= 11 is 0. The van der Waals surface area contributed by atoms with Crippen LogP contribution in [-0.4, -0.2) is 33.4 Å². The molecule has 1 fully saturated rings. The standard InChI is InChI=1S/C16H18FN3O2/c1-10-7-14(16(22)18-9-15(21)11-5-6-11)19-20(10)13-4-2-3-12(17)8-13/h2-4,7-8,11,15,21H,5-6,9H2,1H3,(H,18,22). The van der Waals surface area contributed by atoms with Crippen LogP contribution in [0.4, 0.5) is 4.39 Å². The number of amides is 1. The number of carbonyl (C=O) groups excluding carboxylic acids is 1. The molecule has 0 spiro atoms. The quantitative estimate of drug-likeness (QED) is 0.885. The molecule has 0 saturated heterocycles. The van der Waals surface area contributed by atoms with E-state index in [4.69, 9.17) is 0 Å². The molecule has 1 heterocycles. The summed E-state index contributed by atoms with van der Waals surface area (Å²) in [5, 5.41) is 16.7. The second kappa shape index (κ2) is 5.88. The van der Waals surface area contributed by atoms with Crippen molar-refractivity contribution in [2.75, 3.05) is 6.54 Å². The van der Waals surface area contributed by atoms with Crippen LogP contribution >= 0.6 is 0 Å². The minimum Gasteiger partial charge on any atom is -0.391 e. The molecular weight excluding hydrogens is 285 g/mol. The molecule has 0 aliphatic heterocycles. The highest BCUT2D eigenvalue weighted by Gasteiger charge is 2.29. The van der Waals surface area contributed by atoms with Gasteiger partial charge in [0.05, 0.1) is 11.8 Å². The monoisotopic (exact) mass is 303 g/mol. The first-order chi connectivity index (χ1) is 10.5. The number of aliphatic hydroxyl groups is 1. The summed E-state index contributed by atoms with van der Waals surface area (Å²) in [4.78, 5) is 12.1. The highest BCUT2D eigenvalue weighted by atomic mass is 19.1. The van der Waals surface area contributed by atoms with Crippen molar-refractivity contribution in [3.8, 4) is 5.69 Å². The van der Waals surface area contributed by atoms with Gasteiger partial charge in [0.1, 0.15) is 5.82 Å². The number of nitrogens with one attached hydrogen (secondary N) is 1. The molecule has 1 aliphatic carbocycles. The van der Waals surface area contributed by atoms with Gasteiger partial charge in [0.25, 0.3) is 5.91 Å². The Balaban J connectivity index is 1.72. The summed E-state index contributed by atoms with van der Waals surface area (Å²) in [6, 6.07) is 7.68. The van der Waals surface area contributed by atoms with Crippen molar-refractivity contribution >= 4 is 5.91 Å². The lowest BCUT2D eigenvalue weighted by Gasteiger charge is -2.09. The van der Waals surface area contributed by atoms with Crippen LogP contribution in [0, 0.1) is 18.7 Å². The second-order valence-electron chi connectivity index (χ2n) is 5.68. The fourth-order valence-corrected chi connectivity index (χ4v) is 2.39. The molecule has 2 aromatic rings. The summed E-state index contributed by atoms with van der Waals surface area (Å²) in [7, 11) is 0. The number of aromatic nitrogens is 2. The molecule has 1 atom stereocenters. The van der Waals surface area contributed by atoms with Crippen LogP contribution in [0.3, 0.4) is 0 Å². The lowest BCUT2D eigenvalue weighted by atomic mass is 10.2. The molecule has 6 heteroatoms. The SMILES string of the molecule is Cc1cc(C(=O)NCC(O)C2CC2)nn1-c1cccc(F)c1. The molecule has 1 saturated carbocycles. The Bertz CT molecular complexity index is 694. The van der Waals surface area contributed by atoms with E-state index in [0.29, 0.717) is 11.6 Å². The number of hydrogen-bond acceptors (Lipinski definition) is 3. The summed E-state index contributed by atoms with van der Waals surface area (Å²) in [5.74, 6) is -0.379. The van der Waals surface area contributed by atoms with Gasteiger partial charge >= 0.3 is 0 Å². The number of aryl methyl sites for hydroxylation is 1. The predicted octanol–water partition coefficient (Wildman–Crippen LogP) is 1.82. The van der Waals surface area contributed by atoms with Crippen molar-refractivity contribution in [1.29, 1.82) is 0 Å². The fourth-order valence-electron chi connectivity index (χ4n) is 2.39. The summed E-state index contributed by atoms with van der Waals surface area (Å²) in [5.41, 5.74) is 1.55. The van der Waals surface area contributed by atoms with Gasteiger partial charge in [0.2, 0.25) is 0 Å². The van der Waals surface area contributed by atoms with Crippen LogP contribution in [0.5, 0.6) is 0 Å². The highest BCUT2D eigenvalue weighted by Crippen LogP contribution is 2.32. The van der Waals surface area contributed by atoms with Crippen molar-refractivity contribution < 1.29 is 14.3 Å². The fraction of sp³-hybridized carbons (Fsp3) is 0.375. The third kappa shape index (κ3) is 3.17. The van der Waals surface area contributed by atoms with E-state index in [1.165, 1.54) is 16.8 Å². The normalized spacial score (nSPS) is 15.6. The minimum atomic E-state index is -0.490. The first-order valence-electron chi connectivity index (χ1n) is 7.33. The van der Waals surface area contributed by atoms with Crippen LogP contribution in [0.15, 0.2) is 30.3 Å². The number of rotatable bonds is 5. The third-order valence-electron chi connectivity index (χ3n) is 3.81. The number of halogens is 1. The molecule has 1 unspecified atom stereocenters. The van der Waals surface area contributed by atoms with Crippen LogP contribution in [0.1, 0.15) is 29.0 Å². The van der Waals surface area contributed by atoms with Crippen LogP contribution < -0.4 is 5.32 Å². The Labute approximate surface area is 127 Å². The summed E-state index contributed by atoms with van der Waals surface area (Å²) < 4.78 is 14.8. The Morgan fingerprint density at radius 2 is 2.27 bits per heavy atom. The Kier molecular flexibility index (Phi) is 3.94. The van der Waals surface area contributed by atoms with Gasteiger partial charge in [-0.15, -0.1) is 0 Å². The molecule has 2 N–H and O–H groups in total. The maximum atomic E-state index is 13.3. The predicted molar refractivity (Wildman–Crippen MR) is 79.3 cm³/mol. The van der Waals surface area contributed by atoms with Gasteiger partial charge in [-0.3, -0.25) is 4.79 Å². The summed E-state index contributed by atoms with van der Waals surface area (Å²) in [6.07, 6.45) is 1.55. The first kappa shape index (κ1) is 14.7. The van der Waals surface area contributed by atoms with Gasteiger partial charge in [-0.25, -0.2) is 9.07 Å². The van der Waals surface area contributed by atoms with Crippen molar-refractivity contribution in [2.24, 2.45) is 5.92 Å². The molecule has 5 nitrogen and oxygen atoms in total. The molecule has 1 aromatic carbocycles. The molecule has 1 aliphatic rings. The average molecular weight is 303 g/mol. The van der Waals surface area contributed by atoms with E-state index >= 15 is 0 Å². The molecule has 0 radical (unpaired) electrons. The number of aliphatic hydroxyl groups excluding tert-OH is 1. The maximum Gasteiger partial charge on any atom is 0.271 e. The number of nitrogens with zero attached hydrogens (tertiary/aromatic N) is 2. The van der Waals surface area contributed by atoms with Crippen molar-refractivity contribution in [3.05, 3.63) is 47.5 Å². The van der Waals surface area contributed by atoms with E-state index in [0.717, 1.165) is 18.5 Å². The van der Waals surface area contributed by atoms with Gasteiger partial charge in [0, 0.05) is 12.2 Å². The van der Waals surface area contributed by atoms with Crippen LogP contribution in [0.2, 0.25) is 0 Å². The average Bonchev–Trinajstić information content (AvgIpc) is 3.27. The third-order valence-corrected chi connectivity index (χ3v) is 3.81. The van der Waals surface area contributed by atoms with Crippen molar-refractivity contribution in [3.63, 3.8) is 0 Å². The largest absolute Gasteiger partial charge is 0.391 e. The molecule has 0 bridgehead atoms.